The molecular formula is C21H37NO4S. The Morgan fingerprint density at radius 3 is 2.48 bits per heavy atom. The Kier molecular flexibility index (Phi) is 8.75. The van der Waals surface area contributed by atoms with Crippen LogP contribution in [-0.4, -0.2) is 59.6 Å². The van der Waals surface area contributed by atoms with E-state index in [1.165, 1.54) is 64.2 Å². The molecule has 1 saturated carbocycles. The van der Waals surface area contributed by atoms with E-state index >= 15 is 0 Å². The van der Waals surface area contributed by atoms with Gasteiger partial charge in [0.05, 0.1) is 18.3 Å². The minimum Gasteiger partial charge on any atom is -0.378 e. The average Bonchev–Trinajstić information content (AvgIpc) is 3.39. The minimum atomic E-state index is -0.193. The Morgan fingerprint density at radius 2 is 1.78 bits per heavy atom. The number of rotatable bonds is 12. The van der Waals surface area contributed by atoms with Crippen molar-refractivity contribution < 1.29 is 19.5 Å². The van der Waals surface area contributed by atoms with E-state index in [-0.39, 0.29) is 5.91 Å². The summed E-state index contributed by atoms with van der Waals surface area (Å²) in [6, 6.07) is 0. The number of carbonyl (C=O) groups excluding carboxylic acids is 1. The summed E-state index contributed by atoms with van der Waals surface area (Å²) in [5.74, 6) is 3.50. The molecule has 0 spiro atoms. The highest BCUT2D eigenvalue weighted by atomic mass is 32.2. The Morgan fingerprint density at radius 1 is 1.07 bits per heavy atom. The lowest BCUT2D eigenvalue weighted by Gasteiger charge is -2.28. The smallest absolute Gasteiger partial charge is 0.245 e. The molecule has 0 aromatic rings. The maximum atomic E-state index is 11.3. The predicted octanol–water partition coefficient (Wildman–Crippen LogP) is 4.27. The van der Waals surface area contributed by atoms with Gasteiger partial charge in [-0.3, -0.25) is 10.0 Å². The molecule has 3 fully saturated rings. The van der Waals surface area contributed by atoms with Crippen LogP contribution in [0.15, 0.2) is 0 Å². The molecule has 6 heteroatoms. The van der Waals surface area contributed by atoms with E-state index in [1.54, 1.807) is 0 Å². The van der Waals surface area contributed by atoms with Crippen LogP contribution >= 0.6 is 11.8 Å². The van der Waals surface area contributed by atoms with E-state index in [2.05, 4.69) is 0 Å². The van der Waals surface area contributed by atoms with Gasteiger partial charge in [0.15, 0.2) is 0 Å². The molecule has 3 aliphatic rings. The molecule has 0 aromatic carbocycles. The summed E-state index contributed by atoms with van der Waals surface area (Å²) in [7, 11) is 1.39. The third-order valence-electron chi connectivity index (χ3n) is 6.58. The molecule has 2 bridgehead atoms. The van der Waals surface area contributed by atoms with Crippen molar-refractivity contribution in [2.24, 2.45) is 11.8 Å². The van der Waals surface area contributed by atoms with Crippen molar-refractivity contribution in [2.45, 2.75) is 88.9 Å². The Hall–Kier alpha value is -0.300. The molecule has 2 heterocycles. The molecule has 0 aromatic heterocycles. The van der Waals surface area contributed by atoms with E-state index in [4.69, 9.17) is 14.7 Å². The second-order valence-electron chi connectivity index (χ2n) is 8.46. The van der Waals surface area contributed by atoms with Crippen LogP contribution in [0, 0.1) is 11.8 Å². The molecule has 2 saturated heterocycles. The van der Waals surface area contributed by atoms with Crippen molar-refractivity contribution in [3.8, 4) is 0 Å². The number of thioether (sulfide) groups is 1. The number of amides is 1. The zero-order valence-electron chi connectivity index (χ0n) is 16.8. The number of unbranched alkanes of at least 4 members (excludes halogenated alkanes) is 1. The first-order valence-corrected chi connectivity index (χ1v) is 12.1. The first-order valence-electron chi connectivity index (χ1n) is 11.0. The lowest BCUT2D eigenvalue weighted by Crippen LogP contribution is -2.29. The maximum absolute atomic E-state index is 11.3. The van der Waals surface area contributed by atoms with Gasteiger partial charge in [-0.15, -0.1) is 0 Å². The molecule has 1 N–H and O–H groups in total. The molecular weight excluding hydrogens is 362 g/mol. The molecule has 0 radical (unpaired) electrons. The van der Waals surface area contributed by atoms with Gasteiger partial charge >= 0.3 is 0 Å². The molecule has 4 unspecified atom stereocenters. The highest BCUT2D eigenvalue weighted by Gasteiger charge is 2.47. The fourth-order valence-electron chi connectivity index (χ4n) is 5.06. The quantitative estimate of drug-likeness (QED) is 0.302. The zero-order chi connectivity index (χ0) is 19.1. The van der Waals surface area contributed by atoms with Gasteiger partial charge in [-0.1, -0.05) is 12.8 Å². The summed E-state index contributed by atoms with van der Waals surface area (Å²) < 4.78 is 12.4. The zero-order valence-corrected chi connectivity index (χ0v) is 17.6. The number of hydrogen-bond acceptors (Lipinski definition) is 5. The second-order valence-corrected chi connectivity index (χ2v) is 9.68. The lowest BCUT2D eigenvalue weighted by molar-refractivity contribution is -0.159. The number of nitrogens with zero attached hydrogens (tertiary/aromatic N) is 1. The van der Waals surface area contributed by atoms with Crippen LogP contribution in [0.5, 0.6) is 0 Å². The van der Waals surface area contributed by atoms with Crippen molar-refractivity contribution in [3.63, 3.8) is 0 Å². The van der Waals surface area contributed by atoms with E-state index in [9.17, 15) is 4.79 Å². The third kappa shape index (κ3) is 6.34. The molecule has 1 amide bonds. The van der Waals surface area contributed by atoms with Gasteiger partial charge in [-0.25, -0.2) is 5.06 Å². The fourth-order valence-corrected chi connectivity index (χ4v) is 6.11. The first-order chi connectivity index (χ1) is 13.1. The van der Waals surface area contributed by atoms with Crippen LogP contribution in [0.25, 0.3) is 0 Å². The van der Waals surface area contributed by atoms with E-state index < -0.39 is 0 Å². The second kappa shape index (κ2) is 11.0. The Balaban J connectivity index is 1.28. The van der Waals surface area contributed by atoms with Gasteiger partial charge in [0.1, 0.15) is 0 Å². The van der Waals surface area contributed by atoms with Gasteiger partial charge < -0.3 is 9.47 Å². The summed E-state index contributed by atoms with van der Waals surface area (Å²) in [5.41, 5.74) is 0. The molecule has 4 atom stereocenters. The topological polar surface area (TPSA) is 59.0 Å². The van der Waals surface area contributed by atoms with Crippen LogP contribution < -0.4 is 0 Å². The van der Waals surface area contributed by atoms with E-state index in [1.807, 2.05) is 11.8 Å². The number of hydrogen-bond donors (Lipinski definition) is 1. The minimum absolute atomic E-state index is 0.193. The number of ether oxygens (including phenoxy) is 2. The van der Waals surface area contributed by atoms with Crippen LogP contribution in [-0.2, 0) is 14.3 Å². The summed E-state index contributed by atoms with van der Waals surface area (Å²) in [5, 5.41) is 9.73. The highest BCUT2D eigenvalue weighted by Crippen LogP contribution is 2.47. The molecule has 5 nitrogen and oxygen atoms in total. The molecule has 1 aliphatic carbocycles. The van der Waals surface area contributed by atoms with Gasteiger partial charge in [0.2, 0.25) is 5.91 Å². The number of hydroxylamine groups is 2. The molecule has 27 heavy (non-hydrogen) atoms. The Labute approximate surface area is 168 Å². The van der Waals surface area contributed by atoms with Crippen molar-refractivity contribution in [1.29, 1.82) is 0 Å². The first kappa shape index (κ1) is 21.4. The van der Waals surface area contributed by atoms with Gasteiger partial charge in [0, 0.05) is 20.1 Å². The summed E-state index contributed by atoms with van der Waals surface area (Å²) in [4.78, 5) is 11.3. The number of carbonyl (C=O) groups is 1. The Bertz CT molecular complexity index is 455. The third-order valence-corrected chi connectivity index (χ3v) is 7.68. The van der Waals surface area contributed by atoms with Gasteiger partial charge in [-0.2, -0.15) is 11.8 Å². The fraction of sp³-hybridized carbons (Fsp3) is 0.952. The molecule has 156 valence electrons. The summed E-state index contributed by atoms with van der Waals surface area (Å²) >= 11 is 2.00. The summed E-state index contributed by atoms with van der Waals surface area (Å²) in [6.07, 6.45) is 13.9. The van der Waals surface area contributed by atoms with Crippen LogP contribution in [0.4, 0.5) is 0 Å². The SMILES string of the molecule is CN(O)C(=O)CCCCSCCC1C2CCC(O2)C1CCOC1CCCC1. The molecule has 2 aliphatic heterocycles. The monoisotopic (exact) mass is 399 g/mol. The van der Waals surface area contributed by atoms with Crippen LogP contribution in [0.3, 0.4) is 0 Å². The van der Waals surface area contributed by atoms with Crippen molar-refractivity contribution in [1.82, 2.24) is 5.06 Å². The van der Waals surface area contributed by atoms with Gasteiger partial charge in [0.25, 0.3) is 0 Å². The van der Waals surface area contributed by atoms with E-state index in [0.717, 1.165) is 25.2 Å². The van der Waals surface area contributed by atoms with Crippen molar-refractivity contribution in [3.05, 3.63) is 0 Å². The normalized spacial score (nSPS) is 30.3. The van der Waals surface area contributed by atoms with Crippen LogP contribution in [0.2, 0.25) is 0 Å². The van der Waals surface area contributed by atoms with Crippen LogP contribution in [0.1, 0.15) is 70.6 Å². The van der Waals surface area contributed by atoms with Crippen molar-refractivity contribution in [2.75, 3.05) is 25.2 Å². The predicted molar refractivity (Wildman–Crippen MR) is 108 cm³/mol. The van der Waals surface area contributed by atoms with E-state index in [0.29, 0.717) is 41.6 Å². The standard InChI is InChI=1S/C21H37NO4S/c1-22(24)21(23)8-4-5-14-27-15-12-18-17(19-9-10-20(18)26-19)11-13-25-16-6-2-3-7-16/h16-20,24H,2-15H2,1H3. The van der Waals surface area contributed by atoms with Gasteiger partial charge in [-0.05, 0) is 74.7 Å². The lowest BCUT2D eigenvalue weighted by atomic mass is 9.76. The van der Waals surface area contributed by atoms with Crippen molar-refractivity contribution >= 4 is 17.7 Å². The highest BCUT2D eigenvalue weighted by molar-refractivity contribution is 7.99. The number of fused-ring (bicyclic) bond motifs is 2. The molecule has 3 rings (SSSR count). The average molecular weight is 400 g/mol. The largest absolute Gasteiger partial charge is 0.378 e. The maximum Gasteiger partial charge on any atom is 0.245 e. The summed E-state index contributed by atoms with van der Waals surface area (Å²) in [6.45, 7) is 0.916.